The average molecular weight is 473 g/mol. The van der Waals surface area contributed by atoms with Gasteiger partial charge in [-0.25, -0.2) is 4.39 Å². The monoisotopic (exact) mass is 472 g/mol. The molecular weight excluding hydrogens is 455 g/mol. The SMILES string of the molecule is O=C(COc1ccccc1/C=c1\sc2nc(-c3ccccc3)nn2c1=O)Nc1ccc(F)cc1. The Morgan fingerprint density at radius 1 is 1.03 bits per heavy atom. The van der Waals surface area contributed by atoms with Crippen LogP contribution in [0.15, 0.2) is 83.7 Å². The number of ether oxygens (including phenoxy) is 1. The average Bonchev–Trinajstić information content (AvgIpc) is 3.40. The summed E-state index contributed by atoms with van der Waals surface area (Å²) in [5.74, 6) is 0.161. The van der Waals surface area contributed by atoms with Gasteiger partial charge in [0, 0.05) is 16.8 Å². The summed E-state index contributed by atoms with van der Waals surface area (Å²) < 4.78 is 20.4. The van der Waals surface area contributed by atoms with Crippen LogP contribution in [-0.4, -0.2) is 27.1 Å². The van der Waals surface area contributed by atoms with Gasteiger partial charge in [-0.1, -0.05) is 59.9 Å². The Kier molecular flexibility index (Phi) is 5.84. The van der Waals surface area contributed by atoms with E-state index < -0.39 is 5.91 Å². The lowest BCUT2D eigenvalue weighted by molar-refractivity contribution is -0.118. The Hall–Kier alpha value is -4.37. The third kappa shape index (κ3) is 4.55. The molecule has 9 heteroatoms. The number of rotatable bonds is 6. The lowest BCUT2D eigenvalue weighted by atomic mass is 10.2. The molecule has 0 saturated heterocycles. The molecule has 0 atom stereocenters. The molecule has 2 heterocycles. The van der Waals surface area contributed by atoms with E-state index in [1.54, 1.807) is 24.3 Å². The Morgan fingerprint density at radius 2 is 1.76 bits per heavy atom. The van der Waals surface area contributed by atoms with Gasteiger partial charge in [0.25, 0.3) is 11.5 Å². The highest BCUT2D eigenvalue weighted by Gasteiger charge is 2.13. The highest BCUT2D eigenvalue weighted by atomic mass is 32.1. The van der Waals surface area contributed by atoms with Crippen LogP contribution in [0.4, 0.5) is 10.1 Å². The maximum Gasteiger partial charge on any atom is 0.291 e. The topological polar surface area (TPSA) is 85.6 Å². The number of aromatic nitrogens is 3. The lowest BCUT2D eigenvalue weighted by Gasteiger charge is -2.09. The van der Waals surface area contributed by atoms with Gasteiger partial charge in [-0.15, -0.1) is 5.10 Å². The summed E-state index contributed by atoms with van der Waals surface area (Å²) >= 11 is 1.23. The van der Waals surface area contributed by atoms with Gasteiger partial charge in [-0.05, 0) is 36.4 Å². The summed E-state index contributed by atoms with van der Waals surface area (Å²) in [7, 11) is 0. The highest BCUT2D eigenvalue weighted by Crippen LogP contribution is 2.20. The predicted octanol–water partition coefficient (Wildman–Crippen LogP) is 3.52. The molecule has 1 N–H and O–H groups in total. The standard InChI is InChI=1S/C25H17FN4O3S/c26-18-10-12-19(13-11-18)27-22(31)15-33-20-9-5-4-8-17(20)14-21-24(32)30-25(34-21)28-23(29-30)16-6-2-1-3-7-16/h1-14H,15H2,(H,27,31)/b21-14-. The molecule has 34 heavy (non-hydrogen) atoms. The molecular formula is C25H17FN4O3S. The normalized spacial score (nSPS) is 11.6. The van der Waals surface area contributed by atoms with Crippen molar-refractivity contribution < 1.29 is 13.9 Å². The van der Waals surface area contributed by atoms with E-state index in [0.717, 1.165) is 5.56 Å². The number of hydrogen-bond acceptors (Lipinski definition) is 6. The molecule has 0 saturated carbocycles. The molecule has 168 valence electrons. The number of carbonyl (C=O) groups is 1. The molecule has 2 aromatic heterocycles. The highest BCUT2D eigenvalue weighted by molar-refractivity contribution is 7.15. The quantitative estimate of drug-likeness (QED) is 0.409. The molecule has 7 nitrogen and oxygen atoms in total. The van der Waals surface area contributed by atoms with E-state index in [-0.39, 0.29) is 18.0 Å². The molecule has 0 fully saturated rings. The number of thiazole rings is 1. The van der Waals surface area contributed by atoms with Crippen molar-refractivity contribution in [3.8, 4) is 17.1 Å². The number of nitrogens with one attached hydrogen (secondary N) is 1. The summed E-state index contributed by atoms with van der Waals surface area (Å²) in [5.41, 5.74) is 1.66. The second-order valence-electron chi connectivity index (χ2n) is 7.29. The van der Waals surface area contributed by atoms with Gasteiger partial charge in [-0.2, -0.15) is 9.50 Å². The summed E-state index contributed by atoms with van der Waals surface area (Å²) in [6.45, 7) is -0.248. The fourth-order valence-electron chi connectivity index (χ4n) is 3.29. The van der Waals surface area contributed by atoms with Crippen molar-refractivity contribution in [3.05, 3.63) is 105 Å². The first kappa shape index (κ1) is 21.5. The van der Waals surface area contributed by atoms with Crippen molar-refractivity contribution in [1.82, 2.24) is 14.6 Å². The van der Waals surface area contributed by atoms with Crippen LogP contribution in [0.5, 0.6) is 5.75 Å². The van der Waals surface area contributed by atoms with Crippen LogP contribution in [0.2, 0.25) is 0 Å². The van der Waals surface area contributed by atoms with Crippen molar-refractivity contribution in [1.29, 1.82) is 0 Å². The van der Waals surface area contributed by atoms with Gasteiger partial charge in [-0.3, -0.25) is 9.59 Å². The summed E-state index contributed by atoms with van der Waals surface area (Å²) in [6.07, 6.45) is 1.69. The van der Waals surface area contributed by atoms with E-state index >= 15 is 0 Å². The van der Waals surface area contributed by atoms with Crippen LogP contribution >= 0.6 is 11.3 Å². The minimum Gasteiger partial charge on any atom is -0.483 e. The zero-order valence-corrected chi connectivity index (χ0v) is 18.5. The van der Waals surface area contributed by atoms with E-state index in [1.807, 2.05) is 36.4 Å². The van der Waals surface area contributed by atoms with E-state index in [9.17, 15) is 14.0 Å². The molecule has 0 aliphatic rings. The first-order valence-electron chi connectivity index (χ1n) is 10.3. The third-order valence-corrected chi connectivity index (χ3v) is 5.87. The number of carbonyl (C=O) groups excluding carboxylic acids is 1. The number of hydrogen-bond donors (Lipinski definition) is 1. The van der Waals surface area contributed by atoms with Gasteiger partial charge in [0.15, 0.2) is 12.4 Å². The Morgan fingerprint density at radius 3 is 2.53 bits per heavy atom. The maximum absolute atomic E-state index is 13.0. The third-order valence-electron chi connectivity index (χ3n) is 4.91. The molecule has 0 aliphatic heterocycles. The van der Waals surface area contributed by atoms with Crippen LogP contribution in [-0.2, 0) is 4.79 Å². The molecule has 0 bridgehead atoms. The largest absolute Gasteiger partial charge is 0.483 e. The first-order chi connectivity index (χ1) is 16.6. The van der Waals surface area contributed by atoms with Gasteiger partial charge >= 0.3 is 0 Å². The van der Waals surface area contributed by atoms with Gasteiger partial charge in [0.1, 0.15) is 11.6 Å². The zero-order chi connectivity index (χ0) is 23.5. The zero-order valence-electron chi connectivity index (χ0n) is 17.6. The van der Waals surface area contributed by atoms with E-state index in [2.05, 4.69) is 15.4 Å². The minimum absolute atomic E-state index is 0.248. The fraction of sp³-hybridized carbons (Fsp3) is 0.0400. The van der Waals surface area contributed by atoms with Crippen molar-refractivity contribution >= 4 is 34.0 Å². The van der Waals surface area contributed by atoms with E-state index in [1.165, 1.54) is 40.1 Å². The molecule has 0 aliphatic carbocycles. The molecule has 0 unspecified atom stereocenters. The Balaban J connectivity index is 1.36. The second kappa shape index (κ2) is 9.24. The van der Waals surface area contributed by atoms with Gasteiger partial charge < -0.3 is 10.1 Å². The van der Waals surface area contributed by atoms with Crippen molar-refractivity contribution in [2.45, 2.75) is 0 Å². The molecule has 0 radical (unpaired) electrons. The van der Waals surface area contributed by atoms with Crippen LogP contribution in [0.3, 0.4) is 0 Å². The van der Waals surface area contributed by atoms with Gasteiger partial charge in [0.2, 0.25) is 4.96 Å². The minimum atomic E-state index is -0.391. The van der Waals surface area contributed by atoms with Crippen LogP contribution in [0, 0.1) is 5.82 Å². The number of halogens is 1. The number of para-hydroxylation sites is 1. The molecule has 3 aromatic carbocycles. The van der Waals surface area contributed by atoms with Crippen LogP contribution in [0.1, 0.15) is 5.56 Å². The molecule has 5 aromatic rings. The summed E-state index contributed by atoms with van der Waals surface area (Å²) in [6, 6.07) is 22.0. The Labute approximate surface area is 196 Å². The number of anilines is 1. The van der Waals surface area contributed by atoms with Crippen molar-refractivity contribution in [2.24, 2.45) is 0 Å². The number of nitrogens with zero attached hydrogens (tertiary/aromatic N) is 3. The Bertz CT molecular complexity index is 1580. The second-order valence-corrected chi connectivity index (χ2v) is 8.30. The maximum atomic E-state index is 13.0. The van der Waals surface area contributed by atoms with Gasteiger partial charge in [0.05, 0.1) is 4.53 Å². The van der Waals surface area contributed by atoms with Crippen molar-refractivity contribution in [3.63, 3.8) is 0 Å². The predicted molar refractivity (Wildman–Crippen MR) is 128 cm³/mol. The number of fused-ring (bicyclic) bond motifs is 1. The summed E-state index contributed by atoms with van der Waals surface area (Å²) in [4.78, 5) is 30.1. The lowest BCUT2D eigenvalue weighted by Crippen LogP contribution is -2.24. The van der Waals surface area contributed by atoms with Crippen LogP contribution < -0.4 is 20.1 Å². The number of amides is 1. The van der Waals surface area contributed by atoms with E-state index in [4.69, 9.17) is 4.74 Å². The number of benzene rings is 3. The summed E-state index contributed by atoms with van der Waals surface area (Å²) in [5, 5.41) is 6.99. The molecule has 1 amide bonds. The van der Waals surface area contributed by atoms with E-state index in [0.29, 0.717) is 32.3 Å². The van der Waals surface area contributed by atoms with Crippen LogP contribution in [0.25, 0.3) is 22.4 Å². The molecule has 0 spiro atoms. The first-order valence-corrected chi connectivity index (χ1v) is 11.1. The molecule has 5 rings (SSSR count). The smallest absolute Gasteiger partial charge is 0.291 e. The fourth-order valence-corrected chi connectivity index (χ4v) is 4.19. The van der Waals surface area contributed by atoms with Crippen molar-refractivity contribution in [2.75, 3.05) is 11.9 Å².